The van der Waals surface area contributed by atoms with Crippen LogP contribution in [0.2, 0.25) is 0 Å². The van der Waals surface area contributed by atoms with Crippen LogP contribution in [0.4, 0.5) is 5.69 Å². The number of hydrogen-bond acceptors (Lipinski definition) is 5. The summed E-state index contributed by atoms with van der Waals surface area (Å²) in [6, 6.07) is 32.3. The zero-order valence-electron chi connectivity index (χ0n) is 21.7. The van der Waals surface area contributed by atoms with Crippen molar-refractivity contribution in [3.8, 4) is 5.75 Å². The van der Waals surface area contributed by atoms with E-state index in [2.05, 4.69) is 4.90 Å². The van der Waals surface area contributed by atoms with Gasteiger partial charge in [0.1, 0.15) is 5.75 Å². The van der Waals surface area contributed by atoms with Gasteiger partial charge in [-0.1, -0.05) is 96.6 Å². The predicted octanol–water partition coefficient (Wildman–Crippen LogP) is 6.39. The number of aryl methyl sites for hydroxylation is 1. The Bertz CT molecular complexity index is 1760. The number of sulfonamides is 1. The number of carbonyl (C=O) groups is 1. The number of anilines is 1. The van der Waals surface area contributed by atoms with Gasteiger partial charge in [0.15, 0.2) is 0 Å². The lowest BCUT2D eigenvalue weighted by Crippen LogP contribution is -2.47. The van der Waals surface area contributed by atoms with E-state index in [0.29, 0.717) is 11.4 Å². The molecule has 0 bridgehead atoms. The van der Waals surface area contributed by atoms with E-state index in [-0.39, 0.29) is 10.6 Å². The first-order valence-electron chi connectivity index (χ1n) is 12.8. The molecule has 0 fully saturated rings. The minimum absolute atomic E-state index is 0.123. The Balaban J connectivity index is 1.56. The molecule has 1 unspecified atom stereocenters. The van der Waals surface area contributed by atoms with E-state index in [9.17, 15) is 13.2 Å². The maximum absolute atomic E-state index is 14.2. The fourth-order valence-electron chi connectivity index (χ4n) is 4.93. The zero-order chi connectivity index (χ0) is 27.7. The van der Waals surface area contributed by atoms with Crippen molar-refractivity contribution in [1.29, 1.82) is 0 Å². The van der Waals surface area contributed by atoms with Gasteiger partial charge in [-0.05, 0) is 48.4 Å². The van der Waals surface area contributed by atoms with Gasteiger partial charge in [0.25, 0.3) is 10.0 Å². The second-order valence-corrected chi connectivity index (χ2v) is 11.3. The van der Waals surface area contributed by atoms with E-state index in [1.54, 1.807) is 54.7 Å². The molecule has 0 saturated heterocycles. The van der Waals surface area contributed by atoms with Crippen molar-refractivity contribution in [2.24, 2.45) is 0 Å². The minimum Gasteiger partial charge on any atom is -0.423 e. The van der Waals surface area contributed by atoms with E-state index in [0.717, 1.165) is 22.4 Å². The van der Waals surface area contributed by atoms with Crippen LogP contribution in [0.25, 0.3) is 11.8 Å². The Hall–Kier alpha value is -4.88. The Morgan fingerprint density at radius 2 is 1.48 bits per heavy atom. The summed E-state index contributed by atoms with van der Waals surface area (Å²) >= 11 is 0. The van der Waals surface area contributed by atoms with Crippen LogP contribution in [0.15, 0.2) is 138 Å². The van der Waals surface area contributed by atoms with Crippen LogP contribution in [0.5, 0.6) is 5.75 Å². The number of ether oxygens (including phenoxy) is 1. The monoisotopic (exact) mass is 546 g/mol. The van der Waals surface area contributed by atoms with Gasteiger partial charge in [-0.2, -0.15) is 0 Å². The standard InChI is InChI=1S/C33H26N2O4S/c1-24-16-19-28(20-17-24)40(37,38)34-23-32(25-10-4-2-5-11-25)35-29-15-9-8-12-26(29)18-21-30(35)31(34)22-33(36)39-27-13-6-3-7-14-27/h2-23,30H,1H3/b31-22+. The van der Waals surface area contributed by atoms with Gasteiger partial charge in [0.2, 0.25) is 0 Å². The van der Waals surface area contributed by atoms with E-state index in [4.69, 9.17) is 4.74 Å². The number of fused-ring (bicyclic) bond motifs is 3. The number of benzene rings is 4. The number of nitrogens with zero attached hydrogens (tertiary/aromatic N) is 2. The van der Waals surface area contributed by atoms with Crippen LogP contribution >= 0.6 is 0 Å². The topological polar surface area (TPSA) is 66.9 Å². The number of rotatable bonds is 5. The normalized spacial score (nSPS) is 17.2. The fraction of sp³-hybridized carbons (Fsp3) is 0.0606. The Kier molecular flexibility index (Phi) is 6.58. The van der Waals surface area contributed by atoms with Gasteiger partial charge < -0.3 is 9.64 Å². The van der Waals surface area contributed by atoms with Crippen molar-refractivity contribution in [2.45, 2.75) is 17.9 Å². The van der Waals surface area contributed by atoms with Crippen LogP contribution in [-0.2, 0) is 14.8 Å². The molecule has 2 aliphatic rings. The molecule has 0 amide bonds. The van der Waals surface area contributed by atoms with Crippen molar-refractivity contribution >= 4 is 33.5 Å². The molecule has 198 valence electrons. The molecule has 2 aliphatic heterocycles. The SMILES string of the molecule is Cc1ccc(S(=O)(=O)N2C=C(c3ccccc3)N3c4ccccc4C=CC3/C2=C\C(=O)Oc2ccccc2)cc1. The number of hydrogen-bond donors (Lipinski definition) is 0. The number of carbonyl (C=O) groups excluding carboxylic acids is 1. The molecule has 4 aromatic rings. The van der Waals surface area contributed by atoms with Crippen LogP contribution < -0.4 is 9.64 Å². The van der Waals surface area contributed by atoms with Crippen LogP contribution in [-0.4, -0.2) is 24.7 Å². The maximum Gasteiger partial charge on any atom is 0.338 e. The van der Waals surface area contributed by atoms with Gasteiger partial charge in [0, 0.05) is 18.0 Å². The van der Waals surface area contributed by atoms with Crippen molar-refractivity contribution in [3.05, 3.63) is 150 Å². The molecule has 40 heavy (non-hydrogen) atoms. The average molecular weight is 547 g/mol. The van der Waals surface area contributed by atoms with Gasteiger partial charge in [-0.15, -0.1) is 0 Å². The predicted molar refractivity (Wildman–Crippen MR) is 157 cm³/mol. The van der Waals surface area contributed by atoms with Crippen molar-refractivity contribution < 1.29 is 17.9 Å². The Morgan fingerprint density at radius 1 is 0.825 bits per heavy atom. The zero-order valence-corrected chi connectivity index (χ0v) is 22.5. The molecule has 0 spiro atoms. The first kappa shape index (κ1) is 25.4. The lowest BCUT2D eigenvalue weighted by Gasteiger charge is -2.45. The van der Waals surface area contributed by atoms with Crippen LogP contribution in [0.1, 0.15) is 16.7 Å². The summed E-state index contributed by atoms with van der Waals surface area (Å²) in [5, 5.41) is 0. The third-order valence-corrected chi connectivity index (χ3v) is 8.57. The molecule has 4 aromatic carbocycles. The molecule has 6 nitrogen and oxygen atoms in total. The van der Waals surface area contributed by atoms with Crippen LogP contribution in [0.3, 0.4) is 0 Å². The highest BCUT2D eigenvalue weighted by Crippen LogP contribution is 2.43. The third kappa shape index (κ3) is 4.72. The highest BCUT2D eigenvalue weighted by molar-refractivity contribution is 7.89. The minimum atomic E-state index is -4.09. The first-order valence-corrected chi connectivity index (χ1v) is 14.3. The number of para-hydroxylation sites is 2. The summed E-state index contributed by atoms with van der Waals surface area (Å²) in [4.78, 5) is 15.4. The van der Waals surface area contributed by atoms with E-state index in [1.807, 2.05) is 79.7 Å². The molecule has 6 rings (SSSR count). The molecular formula is C33H26N2O4S. The average Bonchev–Trinajstić information content (AvgIpc) is 2.98. The maximum atomic E-state index is 14.2. The summed E-state index contributed by atoms with van der Waals surface area (Å²) in [6.45, 7) is 1.90. The highest BCUT2D eigenvalue weighted by Gasteiger charge is 2.40. The van der Waals surface area contributed by atoms with Crippen molar-refractivity contribution in [1.82, 2.24) is 4.31 Å². The first-order chi connectivity index (χ1) is 19.4. The summed E-state index contributed by atoms with van der Waals surface area (Å²) < 4.78 is 35.2. The van der Waals surface area contributed by atoms with E-state index < -0.39 is 22.0 Å². The van der Waals surface area contributed by atoms with Gasteiger partial charge in [0.05, 0.1) is 22.3 Å². The Labute approximate surface area is 233 Å². The smallest absolute Gasteiger partial charge is 0.338 e. The lowest BCUT2D eigenvalue weighted by atomic mass is 9.96. The van der Waals surface area contributed by atoms with Crippen LogP contribution in [0, 0.1) is 6.92 Å². The van der Waals surface area contributed by atoms with Gasteiger partial charge in [-0.3, -0.25) is 0 Å². The Morgan fingerprint density at radius 3 is 2.20 bits per heavy atom. The second kappa shape index (κ2) is 10.4. The highest BCUT2D eigenvalue weighted by atomic mass is 32.2. The summed E-state index contributed by atoms with van der Waals surface area (Å²) in [5.41, 5.74) is 4.62. The van der Waals surface area contributed by atoms with E-state index >= 15 is 0 Å². The van der Waals surface area contributed by atoms with Gasteiger partial charge in [-0.25, -0.2) is 17.5 Å². The fourth-order valence-corrected chi connectivity index (χ4v) is 6.31. The molecule has 0 radical (unpaired) electrons. The number of esters is 1. The van der Waals surface area contributed by atoms with Crippen molar-refractivity contribution in [2.75, 3.05) is 4.90 Å². The van der Waals surface area contributed by atoms with Crippen molar-refractivity contribution in [3.63, 3.8) is 0 Å². The molecule has 1 atom stereocenters. The molecule has 0 N–H and O–H groups in total. The molecule has 0 saturated carbocycles. The molecule has 0 aliphatic carbocycles. The second-order valence-electron chi connectivity index (χ2n) is 9.53. The molecule has 7 heteroatoms. The molecule has 0 aromatic heterocycles. The summed E-state index contributed by atoms with van der Waals surface area (Å²) in [5.74, 6) is -0.302. The largest absolute Gasteiger partial charge is 0.423 e. The third-order valence-electron chi connectivity index (χ3n) is 6.86. The summed E-state index contributed by atoms with van der Waals surface area (Å²) in [6.07, 6.45) is 6.74. The molecular weight excluding hydrogens is 520 g/mol. The van der Waals surface area contributed by atoms with Gasteiger partial charge >= 0.3 is 5.97 Å². The summed E-state index contributed by atoms with van der Waals surface area (Å²) in [7, 11) is -4.09. The van der Waals surface area contributed by atoms with E-state index in [1.165, 1.54) is 10.4 Å². The molecule has 2 heterocycles. The quantitative estimate of drug-likeness (QED) is 0.165. The lowest BCUT2D eigenvalue weighted by molar-refractivity contribution is -0.129.